The summed E-state index contributed by atoms with van der Waals surface area (Å²) in [4.78, 5) is 14.1. The molecule has 0 aliphatic rings. The number of benzene rings is 2. The molecule has 1 amide bonds. The Labute approximate surface area is 160 Å². The molecule has 1 heterocycles. The van der Waals surface area contributed by atoms with E-state index in [-0.39, 0.29) is 5.91 Å². The van der Waals surface area contributed by atoms with Gasteiger partial charge in [-0.25, -0.2) is 4.68 Å². The zero-order valence-electron chi connectivity index (χ0n) is 13.7. The van der Waals surface area contributed by atoms with Crippen LogP contribution in [-0.4, -0.2) is 22.7 Å². The fraction of sp³-hybridized carbons (Fsp3) is 0.158. The zero-order chi connectivity index (χ0) is 17.8. The first kappa shape index (κ1) is 17.7. The van der Waals surface area contributed by atoms with Crippen molar-refractivity contribution in [2.75, 3.05) is 11.9 Å². The van der Waals surface area contributed by atoms with Crippen LogP contribution in [0.3, 0.4) is 0 Å². The summed E-state index contributed by atoms with van der Waals surface area (Å²) in [7, 11) is 1.74. The van der Waals surface area contributed by atoms with Crippen LogP contribution < -0.4 is 4.90 Å². The van der Waals surface area contributed by atoms with Gasteiger partial charge in [0.25, 0.3) is 0 Å². The van der Waals surface area contributed by atoms with E-state index in [4.69, 9.17) is 11.6 Å². The summed E-state index contributed by atoms with van der Waals surface area (Å²) in [6.07, 6.45) is 4.77. The first-order valence-electron chi connectivity index (χ1n) is 7.85. The Kier molecular flexibility index (Phi) is 5.56. The summed E-state index contributed by atoms with van der Waals surface area (Å²) in [5, 5.41) is 4.90. The van der Waals surface area contributed by atoms with Gasteiger partial charge in [0.2, 0.25) is 5.91 Å². The Balaban J connectivity index is 1.63. The second kappa shape index (κ2) is 7.85. The second-order valence-corrected chi connectivity index (χ2v) is 7.00. The minimum absolute atomic E-state index is 0.0108. The maximum absolute atomic E-state index is 12.5. The maximum atomic E-state index is 12.5. The van der Waals surface area contributed by atoms with E-state index in [9.17, 15) is 4.79 Å². The van der Waals surface area contributed by atoms with Gasteiger partial charge in [0.1, 0.15) is 0 Å². The summed E-state index contributed by atoms with van der Waals surface area (Å²) in [5.74, 6) is 0.0108. The minimum atomic E-state index is 0.0108. The molecule has 0 N–H and O–H groups in total. The van der Waals surface area contributed by atoms with Crippen LogP contribution in [0.2, 0.25) is 5.02 Å². The summed E-state index contributed by atoms with van der Waals surface area (Å²) in [6, 6.07) is 15.4. The zero-order valence-corrected chi connectivity index (χ0v) is 16.0. The number of nitrogens with zero attached hydrogens (tertiary/aromatic N) is 3. The molecule has 6 heteroatoms. The van der Waals surface area contributed by atoms with Gasteiger partial charge in [-0.15, -0.1) is 0 Å². The van der Waals surface area contributed by atoms with E-state index in [0.29, 0.717) is 23.6 Å². The summed E-state index contributed by atoms with van der Waals surface area (Å²) < 4.78 is 2.70. The smallest absolute Gasteiger partial charge is 0.227 e. The quantitative estimate of drug-likeness (QED) is 0.592. The summed E-state index contributed by atoms with van der Waals surface area (Å²) in [5.41, 5.74) is 2.72. The van der Waals surface area contributed by atoms with Gasteiger partial charge in [-0.05, 0) is 42.3 Å². The Morgan fingerprint density at radius 3 is 2.72 bits per heavy atom. The third-order valence-corrected chi connectivity index (χ3v) is 4.73. The lowest BCUT2D eigenvalue weighted by atomic mass is 10.2. The number of hydrogen-bond acceptors (Lipinski definition) is 2. The Morgan fingerprint density at radius 1 is 1.24 bits per heavy atom. The second-order valence-electron chi connectivity index (χ2n) is 5.68. The number of aryl methyl sites for hydroxylation is 1. The molecule has 0 unspecified atom stereocenters. The van der Waals surface area contributed by atoms with Crippen LogP contribution in [0.25, 0.3) is 5.69 Å². The van der Waals surface area contributed by atoms with Gasteiger partial charge >= 0.3 is 0 Å². The lowest BCUT2D eigenvalue weighted by molar-refractivity contribution is -0.118. The summed E-state index contributed by atoms with van der Waals surface area (Å²) >= 11 is 9.59. The number of carbonyl (C=O) groups is 1. The van der Waals surface area contributed by atoms with Gasteiger partial charge in [-0.1, -0.05) is 45.7 Å². The van der Waals surface area contributed by atoms with E-state index < -0.39 is 0 Å². The van der Waals surface area contributed by atoms with E-state index in [0.717, 1.165) is 15.7 Å². The normalized spacial score (nSPS) is 10.7. The van der Waals surface area contributed by atoms with Gasteiger partial charge < -0.3 is 4.90 Å². The molecule has 0 saturated carbocycles. The molecule has 1 aromatic heterocycles. The van der Waals surface area contributed by atoms with Gasteiger partial charge in [0, 0.05) is 24.1 Å². The maximum Gasteiger partial charge on any atom is 0.227 e. The molecule has 0 fully saturated rings. The van der Waals surface area contributed by atoms with Crippen molar-refractivity contribution in [2.24, 2.45) is 0 Å². The number of halogens is 2. The number of amides is 1. The van der Waals surface area contributed by atoms with Gasteiger partial charge in [0.15, 0.2) is 0 Å². The van der Waals surface area contributed by atoms with Crippen LogP contribution in [0.5, 0.6) is 0 Å². The average Bonchev–Trinajstić information content (AvgIpc) is 3.09. The van der Waals surface area contributed by atoms with Crippen molar-refractivity contribution >= 4 is 39.1 Å². The molecule has 0 bridgehead atoms. The van der Waals surface area contributed by atoms with Crippen molar-refractivity contribution < 1.29 is 4.79 Å². The van der Waals surface area contributed by atoms with Crippen LogP contribution in [0.4, 0.5) is 5.69 Å². The predicted octanol–water partition coefficient (Wildman–Crippen LogP) is 4.88. The monoisotopic (exact) mass is 417 g/mol. The topological polar surface area (TPSA) is 38.1 Å². The van der Waals surface area contributed by atoms with Gasteiger partial charge in [-0.2, -0.15) is 5.10 Å². The van der Waals surface area contributed by atoms with Crippen molar-refractivity contribution in [3.63, 3.8) is 0 Å². The number of aromatic nitrogens is 2. The molecule has 0 saturated heterocycles. The van der Waals surface area contributed by atoms with Crippen LogP contribution >= 0.6 is 27.5 Å². The van der Waals surface area contributed by atoms with Crippen LogP contribution in [-0.2, 0) is 11.2 Å². The van der Waals surface area contributed by atoms with Crippen LogP contribution in [0.1, 0.15) is 12.0 Å². The van der Waals surface area contributed by atoms with Crippen molar-refractivity contribution in [1.29, 1.82) is 0 Å². The highest BCUT2D eigenvalue weighted by Crippen LogP contribution is 2.28. The number of rotatable bonds is 5. The third-order valence-electron chi connectivity index (χ3n) is 3.93. The van der Waals surface area contributed by atoms with Crippen LogP contribution in [0, 0.1) is 0 Å². The molecule has 3 rings (SSSR count). The van der Waals surface area contributed by atoms with Crippen molar-refractivity contribution in [3.8, 4) is 5.69 Å². The molecule has 4 nitrogen and oxygen atoms in total. The number of anilines is 1. The molecule has 0 aliphatic carbocycles. The Bertz CT molecular complexity index is 879. The highest BCUT2D eigenvalue weighted by molar-refractivity contribution is 9.10. The molecular formula is C19H17BrClN3O. The molecule has 25 heavy (non-hydrogen) atoms. The standard InChI is InChI=1S/C19H17BrClN3O/c1-23(18-9-8-15(20)11-17(18)21)19(25)10-7-14-12-22-24(13-14)16-5-3-2-4-6-16/h2-6,8-9,11-13H,7,10H2,1H3. The van der Waals surface area contributed by atoms with E-state index in [1.54, 1.807) is 24.2 Å². The Hall–Kier alpha value is -2.11. The lowest BCUT2D eigenvalue weighted by Gasteiger charge is -2.18. The van der Waals surface area contributed by atoms with Crippen molar-refractivity contribution in [1.82, 2.24) is 9.78 Å². The lowest BCUT2D eigenvalue weighted by Crippen LogP contribution is -2.26. The predicted molar refractivity (Wildman–Crippen MR) is 104 cm³/mol. The molecule has 0 spiro atoms. The fourth-order valence-electron chi connectivity index (χ4n) is 2.52. The molecule has 0 atom stereocenters. The molecule has 0 aliphatic heterocycles. The van der Waals surface area contributed by atoms with E-state index in [1.165, 1.54) is 0 Å². The van der Waals surface area contributed by atoms with Crippen molar-refractivity contribution in [3.05, 3.63) is 76.0 Å². The minimum Gasteiger partial charge on any atom is -0.314 e. The molecular weight excluding hydrogens is 402 g/mol. The molecule has 2 aromatic carbocycles. The van der Waals surface area contributed by atoms with E-state index >= 15 is 0 Å². The van der Waals surface area contributed by atoms with Crippen molar-refractivity contribution in [2.45, 2.75) is 12.8 Å². The van der Waals surface area contributed by atoms with E-state index in [1.807, 2.05) is 53.3 Å². The number of carbonyl (C=O) groups excluding carboxylic acids is 1. The van der Waals surface area contributed by atoms with Gasteiger partial charge in [-0.3, -0.25) is 4.79 Å². The average molecular weight is 419 g/mol. The molecule has 128 valence electrons. The fourth-order valence-corrected chi connectivity index (χ4v) is 3.32. The van der Waals surface area contributed by atoms with Gasteiger partial charge in [0.05, 0.1) is 22.6 Å². The third kappa shape index (κ3) is 4.30. The largest absolute Gasteiger partial charge is 0.314 e. The highest BCUT2D eigenvalue weighted by atomic mass is 79.9. The summed E-state index contributed by atoms with van der Waals surface area (Å²) in [6.45, 7) is 0. The molecule has 0 radical (unpaired) electrons. The van der Waals surface area contributed by atoms with E-state index in [2.05, 4.69) is 21.0 Å². The highest BCUT2D eigenvalue weighted by Gasteiger charge is 2.14. The number of para-hydroxylation sites is 1. The first-order valence-corrected chi connectivity index (χ1v) is 9.02. The SMILES string of the molecule is CN(C(=O)CCc1cnn(-c2ccccc2)c1)c1ccc(Br)cc1Cl. The Morgan fingerprint density at radius 2 is 2.00 bits per heavy atom. The molecule has 3 aromatic rings. The van der Waals surface area contributed by atoms with Crippen LogP contribution in [0.15, 0.2) is 65.4 Å². The first-order chi connectivity index (χ1) is 12.0. The number of hydrogen-bond donors (Lipinski definition) is 0.